The first-order valence-corrected chi connectivity index (χ1v) is 11.5. The van der Waals surface area contributed by atoms with Crippen LogP contribution in [0.4, 0.5) is 18.9 Å². The average Bonchev–Trinajstić information content (AvgIpc) is 3.40. The number of amides is 3. The predicted octanol–water partition coefficient (Wildman–Crippen LogP) is 2.81. The molecule has 0 saturated carbocycles. The minimum absolute atomic E-state index is 0.236. The number of H-pyrrole nitrogens is 1. The molecule has 0 bridgehead atoms. The SMILES string of the molecule is O=C(CN1C(=O)C2(CCN(C(=O)c3cnc4[nH]ncc4c3)CC2)c2cc(Cl)ccc21)NCC(F)(F)F. The van der Waals surface area contributed by atoms with E-state index in [-0.39, 0.29) is 31.8 Å². The number of piperidine rings is 1. The van der Waals surface area contributed by atoms with Crippen LogP contribution in [0, 0.1) is 0 Å². The maximum atomic E-state index is 13.6. The number of hydrogen-bond acceptors (Lipinski definition) is 5. The second-order valence-corrected chi connectivity index (χ2v) is 9.29. The van der Waals surface area contributed by atoms with Crippen molar-refractivity contribution in [2.24, 2.45) is 0 Å². The number of nitrogens with one attached hydrogen (secondary N) is 2. The second kappa shape index (κ2) is 8.77. The van der Waals surface area contributed by atoms with E-state index >= 15 is 0 Å². The molecular weight excluding hydrogens is 501 g/mol. The van der Waals surface area contributed by atoms with Crippen LogP contribution in [0.3, 0.4) is 0 Å². The molecule has 1 saturated heterocycles. The lowest BCUT2D eigenvalue weighted by Gasteiger charge is -2.38. The zero-order valence-electron chi connectivity index (χ0n) is 18.7. The first-order chi connectivity index (χ1) is 17.1. The van der Waals surface area contributed by atoms with E-state index in [1.807, 2.05) is 0 Å². The Morgan fingerprint density at radius 3 is 2.64 bits per heavy atom. The van der Waals surface area contributed by atoms with Crippen molar-refractivity contribution in [1.82, 2.24) is 25.4 Å². The Labute approximate surface area is 207 Å². The van der Waals surface area contributed by atoms with Crippen molar-refractivity contribution in [3.8, 4) is 0 Å². The molecule has 13 heteroatoms. The highest BCUT2D eigenvalue weighted by molar-refractivity contribution is 6.31. The van der Waals surface area contributed by atoms with Gasteiger partial charge in [-0.3, -0.25) is 19.5 Å². The second-order valence-electron chi connectivity index (χ2n) is 8.85. The number of likely N-dealkylation sites (tertiary alicyclic amines) is 1. The van der Waals surface area contributed by atoms with Gasteiger partial charge >= 0.3 is 6.18 Å². The fourth-order valence-corrected chi connectivity index (χ4v) is 5.05. The van der Waals surface area contributed by atoms with Crippen LogP contribution in [0.1, 0.15) is 28.8 Å². The molecule has 1 aromatic carbocycles. The van der Waals surface area contributed by atoms with Gasteiger partial charge in [0.1, 0.15) is 13.1 Å². The van der Waals surface area contributed by atoms with Gasteiger partial charge in [-0.25, -0.2) is 4.98 Å². The molecule has 2 N–H and O–H groups in total. The van der Waals surface area contributed by atoms with E-state index in [0.29, 0.717) is 32.9 Å². The van der Waals surface area contributed by atoms with Gasteiger partial charge in [0.05, 0.1) is 17.2 Å². The fourth-order valence-electron chi connectivity index (χ4n) is 4.88. The van der Waals surface area contributed by atoms with Gasteiger partial charge in [0.15, 0.2) is 5.65 Å². The number of hydrogen-bond donors (Lipinski definition) is 2. The number of nitrogens with zero attached hydrogens (tertiary/aromatic N) is 4. The molecule has 5 rings (SSSR count). The molecule has 0 radical (unpaired) electrons. The van der Waals surface area contributed by atoms with Gasteiger partial charge in [0, 0.05) is 35.4 Å². The molecule has 0 atom stereocenters. The monoisotopic (exact) mass is 520 g/mol. The number of anilines is 1. The number of benzene rings is 1. The Hall–Kier alpha value is -3.67. The molecule has 0 unspecified atom stereocenters. The summed E-state index contributed by atoms with van der Waals surface area (Å²) in [5.74, 6) is -1.55. The molecule has 1 fully saturated rings. The number of halogens is 4. The molecule has 4 heterocycles. The van der Waals surface area contributed by atoms with Gasteiger partial charge in [-0.15, -0.1) is 0 Å². The highest BCUT2D eigenvalue weighted by atomic mass is 35.5. The lowest BCUT2D eigenvalue weighted by molar-refractivity contribution is -0.138. The summed E-state index contributed by atoms with van der Waals surface area (Å²) >= 11 is 6.21. The minimum Gasteiger partial charge on any atom is -0.345 e. The van der Waals surface area contributed by atoms with Crippen LogP contribution in [0.5, 0.6) is 0 Å². The van der Waals surface area contributed by atoms with Crippen molar-refractivity contribution < 1.29 is 27.6 Å². The third-order valence-electron chi connectivity index (χ3n) is 6.65. The maximum Gasteiger partial charge on any atom is 0.405 e. The molecule has 1 spiro atoms. The summed E-state index contributed by atoms with van der Waals surface area (Å²) in [5, 5.41) is 9.52. The van der Waals surface area contributed by atoms with Gasteiger partial charge in [-0.05, 0) is 42.7 Å². The number of carbonyl (C=O) groups excluding carboxylic acids is 3. The van der Waals surface area contributed by atoms with E-state index in [1.165, 1.54) is 11.1 Å². The van der Waals surface area contributed by atoms with Gasteiger partial charge in [-0.2, -0.15) is 18.3 Å². The zero-order chi connectivity index (χ0) is 25.7. The largest absolute Gasteiger partial charge is 0.405 e. The van der Waals surface area contributed by atoms with Crippen LogP contribution in [0.2, 0.25) is 5.02 Å². The van der Waals surface area contributed by atoms with E-state index in [4.69, 9.17) is 11.6 Å². The van der Waals surface area contributed by atoms with E-state index in [2.05, 4.69) is 15.2 Å². The molecular formula is C23H20ClF3N6O3. The van der Waals surface area contributed by atoms with Crippen molar-refractivity contribution in [2.45, 2.75) is 24.4 Å². The highest BCUT2D eigenvalue weighted by Gasteiger charge is 2.53. The van der Waals surface area contributed by atoms with Crippen molar-refractivity contribution in [3.05, 3.63) is 52.8 Å². The molecule has 2 aliphatic rings. The first-order valence-electron chi connectivity index (χ1n) is 11.1. The number of aromatic nitrogens is 3. The lowest BCUT2D eigenvalue weighted by atomic mass is 9.73. The molecule has 2 aromatic heterocycles. The summed E-state index contributed by atoms with van der Waals surface area (Å²) in [6.07, 6.45) is -0.986. The third kappa shape index (κ3) is 4.25. The topological polar surface area (TPSA) is 111 Å². The normalized spacial score (nSPS) is 17.1. The van der Waals surface area contributed by atoms with E-state index < -0.39 is 36.5 Å². The van der Waals surface area contributed by atoms with Gasteiger partial charge in [-0.1, -0.05) is 11.6 Å². The van der Waals surface area contributed by atoms with Gasteiger partial charge in [0.2, 0.25) is 11.8 Å². The predicted molar refractivity (Wildman–Crippen MR) is 124 cm³/mol. The Bertz CT molecular complexity index is 1370. The first kappa shape index (κ1) is 24.0. The van der Waals surface area contributed by atoms with Crippen molar-refractivity contribution >= 4 is 46.0 Å². The number of fused-ring (bicyclic) bond motifs is 3. The summed E-state index contributed by atoms with van der Waals surface area (Å²) in [4.78, 5) is 46.0. The van der Waals surface area contributed by atoms with Crippen molar-refractivity contribution in [3.63, 3.8) is 0 Å². The Morgan fingerprint density at radius 1 is 1.17 bits per heavy atom. The van der Waals surface area contributed by atoms with Crippen molar-refractivity contribution in [2.75, 3.05) is 31.1 Å². The molecule has 3 aromatic rings. The van der Waals surface area contributed by atoms with E-state index in [0.717, 1.165) is 0 Å². The van der Waals surface area contributed by atoms with Crippen LogP contribution < -0.4 is 10.2 Å². The zero-order valence-corrected chi connectivity index (χ0v) is 19.5. The van der Waals surface area contributed by atoms with Crippen LogP contribution in [-0.2, 0) is 15.0 Å². The standard InChI is InChI=1S/C23H20ClF3N6O3/c24-15-1-2-17-16(8-15)22(21(36)33(17)11-18(34)29-12-23(25,26)27)3-5-32(6-4-22)20(35)14-7-13-10-30-31-19(13)28-9-14/h1-2,7-10H,3-6,11-12H2,(H,29,34)(H,28,30,31). The molecule has 9 nitrogen and oxygen atoms in total. The Morgan fingerprint density at radius 2 is 1.92 bits per heavy atom. The third-order valence-corrected chi connectivity index (χ3v) is 6.88. The summed E-state index contributed by atoms with van der Waals surface area (Å²) in [6, 6.07) is 6.49. The van der Waals surface area contributed by atoms with Gasteiger partial charge < -0.3 is 15.1 Å². The molecule has 2 aliphatic heterocycles. The Kier molecular flexibility index (Phi) is 5.86. The smallest absolute Gasteiger partial charge is 0.345 e. The summed E-state index contributed by atoms with van der Waals surface area (Å²) < 4.78 is 37.5. The fraction of sp³-hybridized carbons (Fsp3) is 0.348. The number of rotatable bonds is 4. The summed E-state index contributed by atoms with van der Waals surface area (Å²) in [5.41, 5.74) is 0.962. The molecule has 36 heavy (non-hydrogen) atoms. The minimum atomic E-state index is -4.56. The lowest BCUT2D eigenvalue weighted by Crippen LogP contribution is -2.51. The average molecular weight is 521 g/mol. The molecule has 0 aliphatic carbocycles. The number of carbonyl (C=O) groups is 3. The van der Waals surface area contributed by atoms with Crippen LogP contribution in [0.15, 0.2) is 36.7 Å². The number of pyridine rings is 1. The van der Waals surface area contributed by atoms with E-state index in [9.17, 15) is 27.6 Å². The van der Waals surface area contributed by atoms with Crippen LogP contribution >= 0.6 is 11.6 Å². The maximum absolute atomic E-state index is 13.6. The number of alkyl halides is 3. The summed E-state index contributed by atoms with van der Waals surface area (Å²) in [7, 11) is 0. The van der Waals surface area contributed by atoms with Crippen molar-refractivity contribution in [1.29, 1.82) is 0 Å². The number of aromatic amines is 1. The van der Waals surface area contributed by atoms with Gasteiger partial charge in [0.25, 0.3) is 5.91 Å². The van der Waals surface area contributed by atoms with Crippen LogP contribution in [0.25, 0.3) is 11.0 Å². The highest BCUT2D eigenvalue weighted by Crippen LogP contribution is 2.48. The molecule has 3 amide bonds. The Balaban J connectivity index is 1.35. The quantitative estimate of drug-likeness (QED) is 0.549. The molecule has 188 valence electrons. The summed E-state index contributed by atoms with van der Waals surface area (Å²) in [6.45, 7) is -1.52. The van der Waals surface area contributed by atoms with E-state index in [1.54, 1.807) is 40.7 Å². The van der Waals surface area contributed by atoms with Crippen LogP contribution in [-0.4, -0.2) is 70.2 Å².